The minimum absolute atomic E-state index is 0.0334. The van der Waals surface area contributed by atoms with Crippen molar-refractivity contribution in [3.63, 3.8) is 0 Å². The van der Waals surface area contributed by atoms with E-state index in [0.29, 0.717) is 17.2 Å². The van der Waals surface area contributed by atoms with Gasteiger partial charge in [-0.3, -0.25) is 9.48 Å². The zero-order chi connectivity index (χ0) is 17.4. The average Bonchev–Trinajstić information content (AvgIpc) is 2.86. The Morgan fingerprint density at radius 1 is 1.38 bits per heavy atom. The van der Waals surface area contributed by atoms with Crippen molar-refractivity contribution in [1.29, 1.82) is 0 Å². The molecule has 2 aromatic rings. The number of fused-ring (bicyclic) bond motifs is 1. The number of hydrogen-bond donors (Lipinski definition) is 1. The van der Waals surface area contributed by atoms with Crippen LogP contribution in [0.4, 0.5) is 5.69 Å². The maximum atomic E-state index is 12.7. The molecule has 1 heterocycles. The number of alkyl halides is 2. The largest absolute Gasteiger partial charge is 0.322 e. The first kappa shape index (κ1) is 17.3. The Hall–Kier alpha value is -1.52. The van der Waals surface area contributed by atoms with Gasteiger partial charge in [-0.1, -0.05) is 19.1 Å². The first-order valence-electron chi connectivity index (χ1n) is 8.11. The molecule has 1 aliphatic rings. The van der Waals surface area contributed by atoms with Crippen LogP contribution < -0.4 is 5.32 Å². The molecule has 1 aromatic carbocycles. The van der Waals surface area contributed by atoms with E-state index in [1.807, 2.05) is 19.1 Å². The van der Waals surface area contributed by atoms with Gasteiger partial charge in [-0.25, -0.2) is 0 Å². The molecule has 0 aliphatic heterocycles. The Morgan fingerprint density at radius 3 is 2.75 bits per heavy atom. The van der Waals surface area contributed by atoms with E-state index in [4.69, 9.17) is 23.2 Å². The summed E-state index contributed by atoms with van der Waals surface area (Å²) >= 11 is 12.5. The summed E-state index contributed by atoms with van der Waals surface area (Å²) in [6, 6.07) is 6.00. The van der Waals surface area contributed by atoms with Gasteiger partial charge in [0.1, 0.15) is 4.84 Å². The van der Waals surface area contributed by atoms with Crippen LogP contribution in [0.5, 0.6) is 0 Å². The SMILES string of the molecule is Cc1nn(C)cc1C(=O)Nc1cccc2c1C(C(Cl)Cl)CCC2C. The third-order valence-corrected chi connectivity index (χ3v) is 5.37. The van der Waals surface area contributed by atoms with Gasteiger partial charge in [-0.05, 0) is 42.9 Å². The lowest BCUT2D eigenvalue weighted by atomic mass is 9.77. The van der Waals surface area contributed by atoms with Crippen LogP contribution in [0, 0.1) is 6.92 Å². The summed E-state index contributed by atoms with van der Waals surface area (Å²) in [5.41, 5.74) is 4.36. The van der Waals surface area contributed by atoms with Crippen molar-refractivity contribution < 1.29 is 4.79 Å². The van der Waals surface area contributed by atoms with E-state index >= 15 is 0 Å². The fourth-order valence-electron chi connectivity index (χ4n) is 3.53. The molecule has 0 spiro atoms. The van der Waals surface area contributed by atoms with Crippen LogP contribution in [0.3, 0.4) is 0 Å². The second kappa shape index (κ2) is 6.77. The van der Waals surface area contributed by atoms with E-state index in [-0.39, 0.29) is 11.8 Å². The number of anilines is 1. The molecule has 2 atom stereocenters. The number of aromatic nitrogens is 2. The van der Waals surface area contributed by atoms with Crippen molar-refractivity contribution in [2.75, 3.05) is 5.32 Å². The fraction of sp³-hybridized carbons (Fsp3) is 0.444. The molecular formula is C18H21Cl2N3O. The van der Waals surface area contributed by atoms with Gasteiger partial charge in [0.15, 0.2) is 0 Å². The van der Waals surface area contributed by atoms with Gasteiger partial charge in [0.05, 0.1) is 11.3 Å². The van der Waals surface area contributed by atoms with Crippen LogP contribution in [0.2, 0.25) is 0 Å². The highest BCUT2D eigenvalue weighted by molar-refractivity contribution is 6.44. The molecule has 0 radical (unpaired) electrons. The summed E-state index contributed by atoms with van der Waals surface area (Å²) in [5.74, 6) is 0.304. The zero-order valence-electron chi connectivity index (χ0n) is 14.0. The lowest BCUT2D eigenvalue weighted by Crippen LogP contribution is -2.22. The Labute approximate surface area is 152 Å². The van der Waals surface area contributed by atoms with Gasteiger partial charge in [0, 0.05) is 24.8 Å². The van der Waals surface area contributed by atoms with E-state index in [0.717, 1.165) is 24.1 Å². The number of rotatable bonds is 3. The van der Waals surface area contributed by atoms with Gasteiger partial charge >= 0.3 is 0 Å². The molecule has 1 aliphatic carbocycles. The second-order valence-electron chi connectivity index (χ2n) is 6.48. The third-order valence-electron chi connectivity index (χ3n) is 4.76. The van der Waals surface area contributed by atoms with E-state index in [2.05, 4.69) is 23.4 Å². The molecule has 128 valence electrons. The number of carbonyl (C=O) groups is 1. The number of hydrogen-bond acceptors (Lipinski definition) is 2. The minimum atomic E-state index is -0.491. The molecule has 0 saturated carbocycles. The quantitative estimate of drug-likeness (QED) is 0.796. The topological polar surface area (TPSA) is 46.9 Å². The summed E-state index contributed by atoms with van der Waals surface area (Å²) < 4.78 is 1.64. The van der Waals surface area contributed by atoms with E-state index in [9.17, 15) is 4.79 Å². The molecule has 2 unspecified atom stereocenters. The van der Waals surface area contributed by atoms with Crippen molar-refractivity contribution in [3.8, 4) is 0 Å². The number of amides is 1. The first-order valence-corrected chi connectivity index (χ1v) is 8.98. The van der Waals surface area contributed by atoms with Crippen LogP contribution in [0.25, 0.3) is 0 Å². The summed E-state index contributed by atoms with van der Waals surface area (Å²) in [7, 11) is 1.80. The Bertz CT molecular complexity index is 770. The summed E-state index contributed by atoms with van der Waals surface area (Å²) in [5, 5.41) is 7.27. The number of nitrogens with one attached hydrogen (secondary N) is 1. The first-order chi connectivity index (χ1) is 11.4. The highest BCUT2D eigenvalue weighted by Gasteiger charge is 2.31. The normalized spacial score (nSPS) is 20.1. The predicted molar refractivity (Wildman–Crippen MR) is 98.2 cm³/mol. The monoisotopic (exact) mass is 365 g/mol. The van der Waals surface area contributed by atoms with Gasteiger partial charge < -0.3 is 5.32 Å². The molecule has 3 rings (SSSR count). The van der Waals surface area contributed by atoms with Crippen molar-refractivity contribution in [3.05, 3.63) is 46.8 Å². The van der Waals surface area contributed by atoms with Gasteiger partial charge in [-0.15, -0.1) is 23.2 Å². The molecule has 1 amide bonds. The molecule has 24 heavy (non-hydrogen) atoms. The molecule has 0 fully saturated rings. The lowest BCUT2D eigenvalue weighted by molar-refractivity contribution is 0.102. The maximum Gasteiger partial charge on any atom is 0.259 e. The summed E-state index contributed by atoms with van der Waals surface area (Å²) in [6.07, 6.45) is 3.70. The van der Waals surface area contributed by atoms with Gasteiger partial charge in [-0.2, -0.15) is 5.10 Å². The standard InChI is InChI=1S/C18H21Cl2N3O/c1-10-7-8-13(17(19)20)16-12(10)5-4-6-15(16)21-18(24)14-9-23(3)22-11(14)2/h4-6,9-10,13,17H,7-8H2,1-3H3,(H,21,24). The van der Waals surface area contributed by atoms with Gasteiger partial charge in [0.2, 0.25) is 0 Å². The second-order valence-corrected chi connectivity index (χ2v) is 7.65. The molecule has 0 bridgehead atoms. The van der Waals surface area contributed by atoms with Crippen LogP contribution in [0.15, 0.2) is 24.4 Å². The van der Waals surface area contributed by atoms with Crippen molar-refractivity contribution >= 4 is 34.8 Å². The van der Waals surface area contributed by atoms with Crippen molar-refractivity contribution in [1.82, 2.24) is 9.78 Å². The van der Waals surface area contributed by atoms with Gasteiger partial charge in [0.25, 0.3) is 5.91 Å². The molecule has 4 nitrogen and oxygen atoms in total. The Balaban J connectivity index is 1.98. The molecular weight excluding hydrogens is 345 g/mol. The Morgan fingerprint density at radius 2 is 2.12 bits per heavy atom. The molecule has 0 saturated heterocycles. The third kappa shape index (κ3) is 3.17. The summed E-state index contributed by atoms with van der Waals surface area (Å²) in [4.78, 5) is 12.2. The van der Waals surface area contributed by atoms with E-state index < -0.39 is 4.84 Å². The Kier molecular flexibility index (Phi) is 4.88. The van der Waals surface area contributed by atoms with Crippen LogP contribution in [-0.4, -0.2) is 20.5 Å². The smallest absolute Gasteiger partial charge is 0.259 e. The van der Waals surface area contributed by atoms with Crippen LogP contribution in [0.1, 0.15) is 58.8 Å². The molecule has 6 heteroatoms. The zero-order valence-corrected chi connectivity index (χ0v) is 15.5. The molecule has 1 N–H and O–H groups in total. The predicted octanol–water partition coefficient (Wildman–Crippen LogP) is 4.77. The number of carbonyl (C=O) groups excluding carboxylic acids is 1. The lowest BCUT2D eigenvalue weighted by Gasteiger charge is -2.32. The highest BCUT2D eigenvalue weighted by Crippen LogP contribution is 2.46. The number of benzene rings is 1. The fourth-order valence-corrected chi connectivity index (χ4v) is 4.03. The van der Waals surface area contributed by atoms with Crippen LogP contribution >= 0.6 is 23.2 Å². The average molecular weight is 366 g/mol. The van der Waals surface area contributed by atoms with E-state index in [1.54, 1.807) is 17.9 Å². The van der Waals surface area contributed by atoms with Crippen molar-refractivity contribution in [2.24, 2.45) is 7.05 Å². The number of aryl methyl sites for hydroxylation is 2. The van der Waals surface area contributed by atoms with E-state index in [1.165, 1.54) is 5.56 Å². The number of halogens is 2. The molecule has 1 aromatic heterocycles. The maximum absolute atomic E-state index is 12.7. The van der Waals surface area contributed by atoms with Crippen LogP contribution in [-0.2, 0) is 7.05 Å². The van der Waals surface area contributed by atoms with Crippen molar-refractivity contribution in [2.45, 2.75) is 43.4 Å². The summed E-state index contributed by atoms with van der Waals surface area (Å²) in [6.45, 7) is 4.02. The number of nitrogens with zero attached hydrogens (tertiary/aromatic N) is 2. The highest BCUT2D eigenvalue weighted by atomic mass is 35.5. The minimum Gasteiger partial charge on any atom is -0.322 e.